The molecule has 0 N–H and O–H groups in total. The summed E-state index contributed by atoms with van der Waals surface area (Å²) in [5, 5.41) is 1.10. The first-order chi connectivity index (χ1) is 9.22. The van der Waals surface area contributed by atoms with Crippen LogP contribution in [-0.2, 0) is 0 Å². The molecule has 94 valence electrons. The summed E-state index contributed by atoms with van der Waals surface area (Å²) in [6.07, 6.45) is 2.19. The lowest BCUT2D eigenvalue weighted by Crippen LogP contribution is -1.79. The van der Waals surface area contributed by atoms with E-state index in [4.69, 9.17) is 0 Å². The molecular formula is C17H15NS. The number of aromatic nitrogens is 1. The lowest BCUT2D eigenvalue weighted by Gasteiger charge is -1.98. The number of thiazole rings is 1. The van der Waals surface area contributed by atoms with Gasteiger partial charge in [-0.3, -0.25) is 0 Å². The minimum Gasteiger partial charge on any atom is -0.236 e. The summed E-state index contributed by atoms with van der Waals surface area (Å²) in [5.41, 5.74) is 4.81. The Morgan fingerprint density at radius 1 is 1.05 bits per heavy atom. The summed E-state index contributed by atoms with van der Waals surface area (Å²) < 4.78 is 1.24. The van der Waals surface area contributed by atoms with Gasteiger partial charge >= 0.3 is 0 Å². The molecule has 1 heterocycles. The minimum atomic E-state index is 1.08. The van der Waals surface area contributed by atoms with E-state index in [-0.39, 0.29) is 0 Å². The monoisotopic (exact) mass is 265 g/mol. The van der Waals surface area contributed by atoms with Crippen molar-refractivity contribution in [1.82, 2.24) is 4.98 Å². The van der Waals surface area contributed by atoms with Gasteiger partial charge < -0.3 is 0 Å². The zero-order valence-corrected chi connectivity index (χ0v) is 11.9. The van der Waals surface area contributed by atoms with Gasteiger partial charge in [-0.1, -0.05) is 42.0 Å². The van der Waals surface area contributed by atoms with E-state index >= 15 is 0 Å². The Morgan fingerprint density at radius 3 is 2.53 bits per heavy atom. The summed E-state index contributed by atoms with van der Waals surface area (Å²) >= 11 is 1.75. The third-order valence-corrected chi connectivity index (χ3v) is 4.26. The molecule has 19 heavy (non-hydrogen) atoms. The van der Waals surface area contributed by atoms with Gasteiger partial charge in [0.15, 0.2) is 0 Å². The first-order valence-electron chi connectivity index (χ1n) is 6.33. The molecule has 0 aliphatic heterocycles. The van der Waals surface area contributed by atoms with E-state index in [1.165, 1.54) is 21.4 Å². The van der Waals surface area contributed by atoms with Crippen molar-refractivity contribution < 1.29 is 0 Å². The van der Waals surface area contributed by atoms with Crippen molar-refractivity contribution in [3.05, 3.63) is 64.7 Å². The number of hydrogen-bond donors (Lipinski definition) is 0. The van der Waals surface area contributed by atoms with Gasteiger partial charge in [-0.2, -0.15) is 0 Å². The number of benzene rings is 2. The quantitative estimate of drug-likeness (QED) is 0.623. The molecule has 0 radical (unpaired) electrons. The molecule has 3 aromatic rings. The van der Waals surface area contributed by atoms with Gasteiger partial charge in [0.25, 0.3) is 0 Å². The largest absolute Gasteiger partial charge is 0.236 e. The molecule has 0 aliphatic carbocycles. The summed E-state index contributed by atoms with van der Waals surface area (Å²) in [6.45, 7) is 4.23. The van der Waals surface area contributed by atoms with Crippen LogP contribution >= 0.6 is 11.3 Å². The average Bonchev–Trinajstić information content (AvgIpc) is 2.85. The van der Waals surface area contributed by atoms with Crippen LogP contribution in [0.15, 0.2) is 48.5 Å². The van der Waals surface area contributed by atoms with Crippen LogP contribution in [0.3, 0.4) is 0 Å². The summed E-state index contributed by atoms with van der Waals surface area (Å²) in [4.78, 5) is 4.68. The lowest BCUT2D eigenvalue weighted by molar-refractivity contribution is 1.42. The Kier molecular flexibility index (Phi) is 3.18. The smallest absolute Gasteiger partial charge is 0.120 e. The van der Waals surface area contributed by atoms with E-state index in [1.807, 2.05) is 6.07 Å². The minimum absolute atomic E-state index is 1.08. The van der Waals surface area contributed by atoms with E-state index < -0.39 is 0 Å². The van der Waals surface area contributed by atoms with Crippen molar-refractivity contribution in [3.63, 3.8) is 0 Å². The van der Waals surface area contributed by atoms with Crippen LogP contribution in [0.2, 0.25) is 0 Å². The maximum absolute atomic E-state index is 4.68. The highest BCUT2D eigenvalue weighted by atomic mass is 32.1. The maximum Gasteiger partial charge on any atom is 0.120 e. The third-order valence-electron chi connectivity index (χ3n) is 3.09. The summed E-state index contributed by atoms with van der Waals surface area (Å²) in [7, 11) is 0. The van der Waals surface area contributed by atoms with Crippen LogP contribution in [0.25, 0.3) is 21.9 Å². The van der Waals surface area contributed by atoms with E-state index in [9.17, 15) is 0 Å². The topological polar surface area (TPSA) is 12.9 Å². The molecule has 0 unspecified atom stereocenters. The molecule has 2 aromatic carbocycles. The van der Waals surface area contributed by atoms with Crippen molar-refractivity contribution in [2.45, 2.75) is 13.8 Å². The fraction of sp³-hybridized carbons (Fsp3) is 0.118. The second-order valence-corrected chi connectivity index (χ2v) is 5.76. The molecule has 0 amide bonds. The number of hydrogen-bond acceptors (Lipinski definition) is 2. The lowest BCUT2D eigenvalue weighted by atomic mass is 10.1. The normalized spacial score (nSPS) is 12.0. The summed E-state index contributed by atoms with van der Waals surface area (Å²) in [5.74, 6) is 0. The molecule has 0 bridgehead atoms. The van der Waals surface area contributed by atoms with Crippen LogP contribution in [0.4, 0.5) is 0 Å². The SMILES string of the molecule is CC(=Cc1ccc(C)cc1)c1nc2ccccc2s1. The second kappa shape index (κ2) is 4.98. The van der Waals surface area contributed by atoms with E-state index in [1.54, 1.807) is 11.3 Å². The fourth-order valence-corrected chi connectivity index (χ4v) is 2.95. The average molecular weight is 265 g/mol. The van der Waals surface area contributed by atoms with Crippen LogP contribution in [0, 0.1) is 6.92 Å². The first kappa shape index (κ1) is 12.1. The Hall–Kier alpha value is -1.93. The van der Waals surface area contributed by atoms with Gasteiger partial charge in [-0.25, -0.2) is 4.98 Å². The Labute approximate surface area is 117 Å². The highest BCUT2D eigenvalue weighted by Crippen LogP contribution is 2.27. The molecule has 0 saturated heterocycles. The standard InChI is InChI=1S/C17H15NS/c1-12-7-9-14(10-8-12)11-13(2)17-18-15-5-3-4-6-16(15)19-17/h3-11H,1-2H3. The van der Waals surface area contributed by atoms with Gasteiger partial charge in [0.2, 0.25) is 0 Å². The zero-order chi connectivity index (χ0) is 13.2. The third kappa shape index (κ3) is 2.59. The molecular weight excluding hydrogens is 250 g/mol. The molecule has 1 nitrogen and oxygen atoms in total. The van der Waals surface area contributed by atoms with Crippen molar-refractivity contribution in [2.75, 3.05) is 0 Å². The number of para-hydroxylation sites is 1. The highest BCUT2D eigenvalue weighted by molar-refractivity contribution is 7.19. The molecule has 1 aromatic heterocycles. The van der Waals surface area contributed by atoms with Gasteiger partial charge in [0.05, 0.1) is 10.2 Å². The van der Waals surface area contributed by atoms with E-state index in [0.717, 1.165) is 10.5 Å². The zero-order valence-electron chi connectivity index (χ0n) is 11.1. The van der Waals surface area contributed by atoms with Gasteiger partial charge in [0, 0.05) is 0 Å². The Bertz CT molecular complexity index is 702. The molecule has 3 rings (SSSR count). The molecule has 0 aliphatic rings. The second-order valence-electron chi connectivity index (χ2n) is 4.72. The number of aryl methyl sites for hydroxylation is 1. The molecule has 0 atom stereocenters. The Morgan fingerprint density at radius 2 is 1.79 bits per heavy atom. The van der Waals surface area contributed by atoms with Crippen LogP contribution in [0.5, 0.6) is 0 Å². The van der Waals surface area contributed by atoms with Gasteiger partial charge in [-0.15, -0.1) is 11.3 Å². The maximum atomic E-state index is 4.68. The number of fused-ring (bicyclic) bond motifs is 1. The molecule has 0 fully saturated rings. The van der Waals surface area contributed by atoms with Crippen molar-refractivity contribution in [3.8, 4) is 0 Å². The number of allylic oxidation sites excluding steroid dienone is 1. The molecule has 0 spiro atoms. The van der Waals surface area contributed by atoms with E-state index in [0.29, 0.717) is 0 Å². The van der Waals surface area contributed by atoms with Crippen molar-refractivity contribution >= 4 is 33.2 Å². The van der Waals surface area contributed by atoms with Crippen LogP contribution in [-0.4, -0.2) is 4.98 Å². The first-order valence-corrected chi connectivity index (χ1v) is 7.15. The fourth-order valence-electron chi connectivity index (χ4n) is 2.02. The van der Waals surface area contributed by atoms with Crippen molar-refractivity contribution in [2.24, 2.45) is 0 Å². The number of rotatable bonds is 2. The predicted molar refractivity (Wildman–Crippen MR) is 84.3 cm³/mol. The van der Waals surface area contributed by atoms with Gasteiger partial charge in [-0.05, 0) is 43.2 Å². The van der Waals surface area contributed by atoms with Crippen molar-refractivity contribution in [1.29, 1.82) is 0 Å². The summed E-state index contributed by atoms with van der Waals surface area (Å²) in [6, 6.07) is 16.8. The van der Waals surface area contributed by atoms with Gasteiger partial charge in [0.1, 0.15) is 5.01 Å². The molecule has 2 heteroatoms. The van der Waals surface area contributed by atoms with Crippen LogP contribution < -0.4 is 0 Å². The predicted octanol–water partition coefficient (Wildman–Crippen LogP) is 5.17. The Balaban J connectivity index is 1.98. The number of nitrogens with zero attached hydrogens (tertiary/aromatic N) is 1. The van der Waals surface area contributed by atoms with Crippen LogP contribution in [0.1, 0.15) is 23.1 Å². The molecule has 0 saturated carbocycles. The highest BCUT2D eigenvalue weighted by Gasteiger charge is 2.04. The van der Waals surface area contributed by atoms with E-state index in [2.05, 4.69) is 67.4 Å².